The van der Waals surface area contributed by atoms with E-state index in [1.165, 1.54) is 16.4 Å². The maximum Gasteiger partial charge on any atom is 4.00 e. The molecule has 0 nitrogen and oxygen atoms in total. The summed E-state index contributed by atoms with van der Waals surface area (Å²) < 4.78 is 6.42. The molecular formula is C6H6As2Cl2P2Zr. The van der Waals surface area contributed by atoms with Gasteiger partial charge < -0.3 is 24.8 Å². The third kappa shape index (κ3) is 14.4. The van der Waals surface area contributed by atoms with Crippen LogP contribution < -0.4 is 24.8 Å². The zero-order chi connectivity index (χ0) is 7.07. The molecule has 2 atom stereocenters. The van der Waals surface area contributed by atoms with Gasteiger partial charge in [-0.25, -0.2) is 0 Å². The molecule has 2 heterocycles. The van der Waals surface area contributed by atoms with Gasteiger partial charge in [-0.15, -0.1) is 0 Å². The van der Waals surface area contributed by atoms with Crippen molar-refractivity contribution in [2.24, 2.45) is 0 Å². The van der Waals surface area contributed by atoms with Gasteiger partial charge >= 0.3 is 105 Å². The van der Waals surface area contributed by atoms with Crippen molar-refractivity contribution in [2.45, 2.75) is 0 Å². The van der Waals surface area contributed by atoms with Crippen LogP contribution in [0.5, 0.6) is 0 Å². The molecule has 0 saturated carbocycles. The number of halogens is 2. The summed E-state index contributed by atoms with van der Waals surface area (Å²) in [5.41, 5.74) is 0. The van der Waals surface area contributed by atoms with E-state index in [1.807, 2.05) is 0 Å². The fourth-order valence-corrected chi connectivity index (χ4v) is 5.81. The SMILES string of the molecule is [C-]1=PC=C[AsH]1.[C-]1=PC=C[AsH]1.[Cl-].[Cl-].[Zr+4]. The molecule has 2 unspecified atom stereocenters. The molecule has 2 aliphatic rings. The first kappa shape index (κ1) is 20.8. The summed E-state index contributed by atoms with van der Waals surface area (Å²) in [6.07, 6.45) is 0. The minimum absolute atomic E-state index is 0. The smallest absolute Gasteiger partial charge is 1.00 e. The quantitative estimate of drug-likeness (QED) is 0.197. The van der Waals surface area contributed by atoms with Crippen molar-refractivity contribution in [1.29, 1.82) is 0 Å². The Balaban J connectivity index is -0.000000125. The molecule has 0 amide bonds. The molecule has 68 valence electrons. The second kappa shape index (κ2) is 16.8. The molecule has 7 heteroatoms. The summed E-state index contributed by atoms with van der Waals surface area (Å²) in [7, 11) is 2.63. The van der Waals surface area contributed by atoms with Crippen LogP contribution in [0, 0.1) is 0 Å². The van der Waals surface area contributed by atoms with Crippen LogP contribution in [0.15, 0.2) is 21.4 Å². The summed E-state index contributed by atoms with van der Waals surface area (Å²) >= 11 is 0.392. The van der Waals surface area contributed by atoms with Gasteiger partial charge in [-0.05, 0) is 0 Å². The van der Waals surface area contributed by atoms with Gasteiger partial charge in [0.05, 0.1) is 0 Å². The van der Waals surface area contributed by atoms with Gasteiger partial charge in [0.1, 0.15) is 0 Å². The van der Waals surface area contributed by atoms with E-state index in [4.69, 9.17) is 0 Å². The molecule has 0 N–H and O–H groups in total. The topological polar surface area (TPSA) is 0 Å². The summed E-state index contributed by atoms with van der Waals surface area (Å²) in [4.78, 5) is 4.48. The van der Waals surface area contributed by atoms with Crippen molar-refractivity contribution in [1.82, 2.24) is 0 Å². The van der Waals surface area contributed by atoms with E-state index < -0.39 is 0 Å². The maximum absolute atomic E-state index is 3.21. The Morgan fingerprint density at radius 1 is 0.846 bits per heavy atom. The molecule has 0 aliphatic carbocycles. The third-order valence-electron chi connectivity index (χ3n) is 0.723. The van der Waals surface area contributed by atoms with Gasteiger partial charge in [0, 0.05) is 0 Å². The molecule has 0 aromatic rings. The first-order valence-corrected chi connectivity index (χ1v) is 9.16. The van der Waals surface area contributed by atoms with E-state index in [0.717, 1.165) is 0 Å². The standard InChI is InChI=1S/2C3H3AsP.2ClH.Zr/c2*1-2-5-3-4-1;;;/h2*1-2,4H;2*1H;/q2*-1;;;+4/p-2. The normalized spacial score (nSPS) is 19.7. The first-order chi connectivity index (χ1) is 5.00. The molecule has 0 bridgehead atoms. The average molecular weight is 452 g/mol. The second-order valence-corrected chi connectivity index (χ2v) is 8.39. The van der Waals surface area contributed by atoms with Gasteiger partial charge in [-0.3, -0.25) is 0 Å². The molecular weight excluding hydrogens is 446 g/mol. The molecule has 2 rings (SSSR count). The van der Waals surface area contributed by atoms with E-state index in [9.17, 15) is 0 Å². The van der Waals surface area contributed by atoms with Crippen LogP contribution in [-0.4, -0.2) is 40.7 Å². The molecule has 0 radical (unpaired) electrons. The minimum Gasteiger partial charge on any atom is -1.00 e. The predicted molar refractivity (Wildman–Crippen MR) is 56.4 cm³/mol. The fraction of sp³-hybridized carbons (Fsp3) is 0. The van der Waals surface area contributed by atoms with Crippen LogP contribution in [0.1, 0.15) is 0 Å². The van der Waals surface area contributed by atoms with Crippen molar-refractivity contribution in [3.05, 3.63) is 21.4 Å². The largest absolute Gasteiger partial charge is 4.00 e. The Hall–Kier alpha value is 2.40. The van der Waals surface area contributed by atoms with Gasteiger partial charge in [-0.1, -0.05) is 0 Å². The monoisotopic (exact) mass is 450 g/mol. The molecule has 0 aromatic carbocycles. The van der Waals surface area contributed by atoms with E-state index in [0.29, 0.717) is 0 Å². The van der Waals surface area contributed by atoms with Crippen LogP contribution in [0.3, 0.4) is 0 Å². The first-order valence-electron chi connectivity index (χ1n) is 2.71. The van der Waals surface area contributed by atoms with E-state index in [2.05, 4.69) is 30.5 Å². The maximum atomic E-state index is 3.21. The van der Waals surface area contributed by atoms with Crippen molar-refractivity contribution in [3.63, 3.8) is 0 Å². The van der Waals surface area contributed by atoms with E-state index in [-0.39, 0.29) is 82.5 Å². The Morgan fingerprint density at radius 2 is 1.23 bits per heavy atom. The van der Waals surface area contributed by atoms with Crippen molar-refractivity contribution in [3.8, 4) is 0 Å². The number of hydrogen-bond donors (Lipinski definition) is 0. The van der Waals surface area contributed by atoms with Crippen LogP contribution >= 0.6 is 16.4 Å². The Kier molecular flexibility index (Phi) is 26.9. The Bertz CT molecular complexity index is 165. The van der Waals surface area contributed by atoms with Crippen molar-refractivity contribution < 1.29 is 51.0 Å². The molecule has 0 aromatic heterocycles. The van der Waals surface area contributed by atoms with Crippen LogP contribution in [0.2, 0.25) is 0 Å². The van der Waals surface area contributed by atoms with Gasteiger partial charge in [0.25, 0.3) is 0 Å². The summed E-state index contributed by atoms with van der Waals surface area (Å²) in [5, 5.41) is 0. The summed E-state index contributed by atoms with van der Waals surface area (Å²) in [6, 6.07) is 0. The molecule has 0 saturated heterocycles. The predicted octanol–water partition coefficient (Wildman–Crippen LogP) is -5.01. The van der Waals surface area contributed by atoms with Gasteiger partial charge in [-0.2, -0.15) is 0 Å². The fourth-order valence-electron chi connectivity index (χ4n) is 0.373. The molecule has 0 spiro atoms. The van der Waals surface area contributed by atoms with Crippen LogP contribution in [0.25, 0.3) is 0 Å². The second-order valence-electron chi connectivity index (χ2n) is 1.40. The molecule has 0 fully saturated rings. The number of rotatable bonds is 0. The Morgan fingerprint density at radius 3 is 1.31 bits per heavy atom. The number of hydrogen-bond acceptors (Lipinski definition) is 0. The zero-order valence-electron chi connectivity index (χ0n) is 6.46. The third-order valence-corrected chi connectivity index (χ3v) is 7.66. The summed E-state index contributed by atoms with van der Waals surface area (Å²) in [5.74, 6) is 4.31. The zero-order valence-corrected chi connectivity index (χ0v) is 16.4. The van der Waals surface area contributed by atoms with E-state index in [1.54, 1.807) is 0 Å². The van der Waals surface area contributed by atoms with Crippen molar-refractivity contribution >= 4 is 57.1 Å². The van der Waals surface area contributed by atoms with Gasteiger partial charge in [0.2, 0.25) is 0 Å². The average Bonchev–Trinajstić information content (AvgIpc) is 2.67. The molecule has 2 aliphatic heterocycles. The summed E-state index contributed by atoms with van der Waals surface area (Å²) in [6.45, 7) is 0. The van der Waals surface area contributed by atoms with Gasteiger partial charge in [0.15, 0.2) is 0 Å². The van der Waals surface area contributed by atoms with Crippen LogP contribution in [-0.2, 0) is 26.2 Å². The van der Waals surface area contributed by atoms with E-state index >= 15 is 0 Å². The molecule has 13 heavy (non-hydrogen) atoms. The van der Waals surface area contributed by atoms with Crippen molar-refractivity contribution in [2.75, 3.05) is 0 Å². The minimum atomic E-state index is 0. The van der Waals surface area contributed by atoms with Crippen LogP contribution in [0.4, 0.5) is 0 Å². The Labute approximate surface area is 128 Å².